The smallest absolute Gasteiger partial charge is 0.303 e. The minimum atomic E-state index is -0.847. The molecule has 1 amide bonds. The van der Waals surface area contributed by atoms with E-state index in [0.29, 0.717) is 13.0 Å². The summed E-state index contributed by atoms with van der Waals surface area (Å²) in [7, 11) is 0. The molecule has 1 heterocycles. The van der Waals surface area contributed by atoms with Crippen molar-refractivity contribution < 1.29 is 19.4 Å². The van der Waals surface area contributed by atoms with E-state index in [1.165, 1.54) is 5.56 Å². The third-order valence-corrected chi connectivity index (χ3v) is 3.66. The minimum Gasteiger partial charge on any atom is -0.481 e. The highest BCUT2D eigenvalue weighted by molar-refractivity contribution is 5.77. The molecule has 0 saturated heterocycles. The summed E-state index contributed by atoms with van der Waals surface area (Å²) >= 11 is 0. The molecule has 1 aromatic carbocycles. The topological polar surface area (TPSA) is 75.6 Å². The number of carboxylic acids is 1. The first-order chi connectivity index (χ1) is 10.1. The number of rotatable bonds is 6. The highest BCUT2D eigenvalue weighted by Crippen LogP contribution is 2.29. The summed E-state index contributed by atoms with van der Waals surface area (Å²) in [5, 5.41) is 11.5. The molecule has 114 valence electrons. The molecule has 0 saturated carbocycles. The first-order valence-corrected chi connectivity index (χ1v) is 7.27. The summed E-state index contributed by atoms with van der Waals surface area (Å²) in [4.78, 5) is 22.5. The van der Waals surface area contributed by atoms with Gasteiger partial charge in [-0.15, -0.1) is 0 Å². The maximum Gasteiger partial charge on any atom is 0.303 e. The van der Waals surface area contributed by atoms with Crippen LogP contribution in [0.4, 0.5) is 0 Å². The van der Waals surface area contributed by atoms with E-state index in [-0.39, 0.29) is 30.9 Å². The second kappa shape index (κ2) is 7.22. The Morgan fingerprint density at radius 2 is 2.19 bits per heavy atom. The van der Waals surface area contributed by atoms with Crippen molar-refractivity contribution >= 4 is 11.9 Å². The van der Waals surface area contributed by atoms with Crippen LogP contribution in [0.1, 0.15) is 43.4 Å². The zero-order chi connectivity index (χ0) is 15.2. The molecular weight excluding hydrogens is 270 g/mol. The molecule has 0 spiro atoms. The molecule has 5 nitrogen and oxygen atoms in total. The van der Waals surface area contributed by atoms with Crippen LogP contribution >= 0.6 is 0 Å². The lowest BCUT2D eigenvalue weighted by molar-refractivity contribution is -0.137. The monoisotopic (exact) mass is 291 g/mol. The van der Waals surface area contributed by atoms with Gasteiger partial charge in [-0.25, -0.2) is 0 Å². The molecule has 2 N–H and O–H groups in total. The SMILES string of the molecule is CC(CCC(=O)O)NC(=O)CC1OCCc2ccccc21. The Morgan fingerprint density at radius 1 is 1.43 bits per heavy atom. The van der Waals surface area contributed by atoms with Gasteiger partial charge in [0, 0.05) is 12.5 Å². The fourth-order valence-corrected chi connectivity index (χ4v) is 2.56. The molecule has 1 aliphatic heterocycles. The summed E-state index contributed by atoms with van der Waals surface area (Å²) < 4.78 is 5.70. The number of hydrogen-bond acceptors (Lipinski definition) is 3. The summed E-state index contributed by atoms with van der Waals surface area (Å²) in [6.45, 7) is 2.44. The second-order valence-electron chi connectivity index (χ2n) is 5.41. The molecule has 2 rings (SSSR count). The van der Waals surface area contributed by atoms with Crippen LogP contribution in [0.2, 0.25) is 0 Å². The van der Waals surface area contributed by atoms with Gasteiger partial charge in [0.15, 0.2) is 0 Å². The minimum absolute atomic E-state index is 0.0597. The molecule has 2 atom stereocenters. The average molecular weight is 291 g/mol. The van der Waals surface area contributed by atoms with Gasteiger partial charge in [-0.05, 0) is 30.9 Å². The Bertz CT molecular complexity index is 515. The van der Waals surface area contributed by atoms with Gasteiger partial charge >= 0.3 is 5.97 Å². The molecule has 0 aromatic heterocycles. The van der Waals surface area contributed by atoms with E-state index in [9.17, 15) is 9.59 Å². The third kappa shape index (κ3) is 4.56. The molecule has 21 heavy (non-hydrogen) atoms. The highest BCUT2D eigenvalue weighted by Gasteiger charge is 2.23. The van der Waals surface area contributed by atoms with Crippen molar-refractivity contribution in [2.24, 2.45) is 0 Å². The Hall–Kier alpha value is -1.88. The van der Waals surface area contributed by atoms with E-state index in [4.69, 9.17) is 9.84 Å². The zero-order valence-electron chi connectivity index (χ0n) is 12.2. The maximum atomic E-state index is 12.0. The van der Waals surface area contributed by atoms with Gasteiger partial charge in [0.1, 0.15) is 0 Å². The van der Waals surface area contributed by atoms with E-state index in [1.54, 1.807) is 0 Å². The molecule has 1 aromatic rings. The van der Waals surface area contributed by atoms with Gasteiger partial charge in [0.2, 0.25) is 5.91 Å². The van der Waals surface area contributed by atoms with Gasteiger partial charge in [-0.2, -0.15) is 0 Å². The number of carbonyl (C=O) groups excluding carboxylic acids is 1. The van der Waals surface area contributed by atoms with Crippen molar-refractivity contribution in [1.29, 1.82) is 0 Å². The van der Waals surface area contributed by atoms with Crippen molar-refractivity contribution in [1.82, 2.24) is 5.32 Å². The Morgan fingerprint density at radius 3 is 2.95 bits per heavy atom. The molecule has 0 fully saturated rings. The van der Waals surface area contributed by atoms with Crippen molar-refractivity contribution in [2.75, 3.05) is 6.61 Å². The number of benzene rings is 1. The lowest BCUT2D eigenvalue weighted by Crippen LogP contribution is -2.34. The standard InChI is InChI=1S/C16H21NO4/c1-11(6-7-16(19)20)17-15(18)10-14-13-5-3-2-4-12(13)8-9-21-14/h2-5,11,14H,6-10H2,1H3,(H,17,18)(H,19,20). The van der Waals surface area contributed by atoms with Gasteiger partial charge in [-0.1, -0.05) is 24.3 Å². The van der Waals surface area contributed by atoms with E-state index in [2.05, 4.69) is 11.4 Å². The Balaban J connectivity index is 1.87. The van der Waals surface area contributed by atoms with Crippen LogP contribution in [0, 0.1) is 0 Å². The van der Waals surface area contributed by atoms with Gasteiger partial charge < -0.3 is 15.2 Å². The van der Waals surface area contributed by atoms with Crippen LogP contribution < -0.4 is 5.32 Å². The maximum absolute atomic E-state index is 12.0. The number of nitrogens with one attached hydrogen (secondary N) is 1. The number of aliphatic carboxylic acids is 1. The lowest BCUT2D eigenvalue weighted by atomic mass is 9.95. The number of ether oxygens (including phenoxy) is 1. The molecular formula is C16H21NO4. The quantitative estimate of drug-likeness (QED) is 0.841. The molecule has 5 heteroatoms. The second-order valence-corrected chi connectivity index (χ2v) is 5.41. The fraction of sp³-hybridized carbons (Fsp3) is 0.500. The Kier molecular flexibility index (Phi) is 5.33. The number of carbonyl (C=O) groups is 2. The summed E-state index contributed by atoms with van der Waals surface area (Å²) in [6, 6.07) is 7.87. The van der Waals surface area contributed by atoms with Gasteiger partial charge in [-0.3, -0.25) is 9.59 Å². The predicted molar refractivity (Wildman–Crippen MR) is 77.9 cm³/mol. The van der Waals surface area contributed by atoms with Crippen LogP contribution in [0.5, 0.6) is 0 Å². The van der Waals surface area contributed by atoms with Gasteiger partial charge in [0.05, 0.1) is 19.1 Å². The first-order valence-electron chi connectivity index (χ1n) is 7.27. The van der Waals surface area contributed by atoms with E-state index >= 15 is 0 Å². The van der Waals surface area contributed by atoms with Gasteiger partial charge in [0.25, 0.3) is 0 Å². The van der Waals surface area contributed by atoms with Crippen LogP contribution in [0.25, 0.3) is 0 Å². The molecule has 1 aliphatic rings. The first kappa shape index (κ1) is 15.5. The van der Waals surface area contributed by atoms with Crippen LogP contribution in [0.15, 0.2) is 24.3 Å². The largest absolute Gasteiger partial charge is 0.481 e. The lowest BCUT2D eigenvalue weighted by Gasteiger charge is -2.26. The number of fused-ring (bicyclic) bond motifs is 1. The number of hydrogen-bond donors (Lipinski definition) is 2. The molecule has 2 unspecified atom stereocenters. The van der Waals surface area contributed by atoms with E-state index in [0.717, 1.165) is 12.0 Å². The third-order valence-electron chi connectivity index (χ3n) is 3.66. The molecule has 0 aliphatic carbocycles. The zero-order valence-corrected chi connectivity index (χ0v) is 12.2. The molecule has 0 radical (unpaired) electrons. The Labute approximate surface area is 124 Å². The fourth-order valence-electron chi connectivity index (χ4n) is 2.56. The van der Waals surface area contributed by atoms with E-state index < -0.39 is 5.97 Å². The highest BCUT2D eigenvalue weighted by atomic mass is 16.5. The predicted octanol–water partition coefficient (Wildman–Crippen LogP) is 2.06. The van der Waals surface area contributed by atoms with E-state index in [1.807, 2.05) is 25.1 Å². The summed E-state index contributed by atoms with van der Waals surface area (Å²) in [5.74, 6) is -0.949. The number of amides is 1. The summed E-state index contributed by atoms with van der Waals surface area (Å²) in [5.41, 5.74) is 2.32. The van der Waals surface area contributed by atoms with Crippen molar-refractivity contribution in [3.05, 3.63) is 35.4 Å². The average Bonchev–Trinajstić information content (AvgIpc) is 2.45. The van der Waals surface area contributed by atoms with Crippen molar-refractivity contribution in [2.45, 2.75) is 44.8 Å². The van der Waals surface area contributed by atoms with Crippen molar-refractivity contribution in [3.63, 3.8) is 0 Å². The van der Waals surface area contributed by atoms with Crippen molar-refractivity contribution in [3.8, 4) is 0 Å². The normalized spacial score (nSPS) is 18.6. The summed E-state index contributed by atoms with van der Waals surface area (Å²) in [6.07, 6.45) is 1.44. The van der Waals surface area contributed by atoms with Crippen LogP contribution in [0.3, 0.4) is 0 Å². The molecule has 0 bridgehead atoms. The van der Waals surface area contributed by atoms with Crippen LogP contribution in [-0.2, 0) is 20.7 Å². The number of carboxylic acid groups (broad SMARTS) is 1. The van der Waals surface area contributed by atoms with Crippen LogP contribution in [-0.4, -0.2) is 29.6 Å².